The van der Waals surface area contributed by atoms with Gasteiger partial charge in [-0.2, -0.15) is 5.10 Å². The van der Waals surface area contributed by atoms with Crippen LogP contribution in [0.1, 0.15) is 32.6 Å². The van der Waals surface area contributed by atoms with Crippen molar-refractivity contribution in [3.05, 3.63) is 69.1 Å². The van der Waals surface area contributed by atoms with Gasteiger partial charge in [-0.05, 0) is 29.6 Å². The van der Waals surface area contributed by atoms with Crippen molar-refractivity contribution in [3.63, 3.8) is 0 Å². The lowest BCUT2D eigenvalue weighted by atomic mass is 10.1. The Morgan fingerprint density at radius 3 is 2.68 bits per heavy atom. The number of hydrogen-bond donors (Lipinski definition) is 0. The number of carbonyl (C=O) groups excluding carboxylic acids is 2. The molecule has 0 N–H and O–H groups in total. The Labute approximate surface area is 136 Å². The lowest BCUT2D eigenvalue weighted by Crippen LogP contribution is -2.05. The predicted molar refractivity (Wildman–Crippen MR) is 86.3 cm³/mol. The van der Waals surface area contributed by atoms with Gasteiger partial charge < -0.3 is 0 Å². The van der Waals surface area contributed by atoms with Crippen LogP contribution in [-0.2, 0) is 0 Å². The number of thiophene rings is 1. The summed E-state index contributed by atoms with van der Waals surface area (Å²) >= 11 is 7.31. The molecule has 0 atom stereocenters. The fraction of sp³-hybridized carbons (Fsp3) is 0.0625. The van der Waals surface area contributed by atoms with E-state index in [1.54, 1.807) is 36.5 Å². The second-order valence-electron chi connectivity index (χ2n) is 4.68. The molecule has 1 aromatic carbocycles. The zero-order valence-corrected chi connectivity index (χ0v) is 13.2. The maximum atomic E-state index is 12.5. The summed E-state index contributed by atoms with van der Waals surface area (Å²) in [5.41, 5.74) is 1.16. The molecule has 6 heteroatoms. The summed E-state index contributed by atoms with van der Waals surface area (Å²) in [6, 6.07) is 10.6. The molecular formula is C16H11ClN2O2S. The minimum absolute atomic E-state index is 0.165. The fourth-order valence-corrected chi connectivity index (χ4v) is 2.95. The Morgan fingerprint density at radius 1 is 1.23 bits per heavy atom. The molecule has 0 bridgehead atoms. The lowest BCUT2D eigenvalue weighted by Gasteiger charge is -2.00. The zero-order chi connectivity index (χ0) is 15.7. The number of rotatable bonds is 4. The molecule has 0 unspecified atom stereocenters. The molecule has 110 valence electrons. The highest BCUT2D eigenvalue weighted by Crippen LogP contribution is 2.21. The van der Waals surface area contributed by atoms with E-state index in [-0.39, 0.29) is 17.3 Å². The van der Waals surface area contributed by atoms with Gasteiger partial charge in [0.15, 0.2) is 5.78 Å². The summed E-state index contributed by atoms with van der Waals surface area (Å²) in [5.74, 6) is -0.450. The topological polar surface area (TPSA) is 52.0 Å². The van der Waals surface area contributed by atoms with Crippen molar-refractivity contribution in [2.45, 2.75) is 6.92 Å². The van der Waals surface area contributed by atoms with Crippen LogP contribution in [0.5, 0.6) is 0 Å². The zero-order valence-electron chi connectivity index (χ0n) is 11.6. The van der Waals surface area contributed by atoms with Crippen LogP contribution in [0.2, 0.25) is 5.02 Å². The van der Waals surface area contributed by atoms with Gasteiger partial charge in [-0.25, -0.2) is 4.68 Å². The molecule has 0 fully saturated rings. The molecule has 0 saturated heterocycles. The van der Waals surface area contributed by atoms with Gasteiger partial charge in [0.1, 0.15) is 5.69 Å². The number of carbonyl (C=O) groups is 2. The number of ketones is 2. The normalized spacial score (nSPS) is 10.6. The lowest BCUT2D eigenvalue weighted by molar-refractivity contribution is 0.0988. The van der Waals surface area contributed by atoms with Crippen molar-refractivity contribution in [1.82, 2.24) is 9.78 Å². The second-order valence-corrected chi connectivity index (χ2v) is 6.06. The first-order valence-electron chi connectivity index (χ1n) is 6.51. The van der Waals surface area contributed by atoms with E-state index in [9.17, 15) is 9.59 Å². The van der Waals surface area contributed by atoms with E-state index in [0.29, 0.717) is 21.2 Å². The molecular weight excluding hydrogens is 320 g/mol. The number of aromatic nitrogens is 2. The smallest absolute Gasteiger partial charge is 0.206 e. The van der Waals surface area contributed by atoms with Gasteiger partial charge in [0, 0.05) is 18.1 Å². The molecule has 0 aliphatic rings. The van der Waals surface area contributed by atoms with E-state index >= 15 is 0 Å². The van der Waals surface area contributed by atoms with Crippen molar-refractivity contribution in [2.75, 3.05) is 0 Å². The summed E-state index contributed by atoms with van der Waals surface area (Å²) in [6.45, 7) is 1.40. The SMILES string of the molecule is CC(=O)c1nn(-c2cccc(Cl)c2)cc1C(=O)c1cccs1. The number of benzene rings is 1. The molecule has 2 aromatic heterocycles. The molecule has 22 heavy (non-hydrogen) atoms. The summed E-state index contributed by atoms with van der Waals surface area (Å²) in [4.78, 5) is 24.9. The van der Waals surface area contributed by atoms with Crippen LogP contribution in [-0.4, -0.2) is 21.3 Å². The predicted octanol–water partition coefficient (Wildman–Crippen LogP) is 4.02. The first-order valence-corrected chi connectivity index (χ1v) is 7.77. The quantitative estimate of drug-likeness (QED) is 0.679. The van der Waals surface area contributed by atoms with Crippen LogP contribution >= 0.6 is 22.9 Å². The minimum atomic E-state index is -0.249. The van der Waals surface area contributed by atoms with Gasteiger partial charge >= 0.3 is 0 Å². The Hall–Kier alpha value is -2.24. The summed E-state index contributed by atoms with van der Waals surface area (Å²) < 4.78 is 1.50. The first-order chi connectivity index (χ1) is 10.6. The van der Waals surface area contributed by atoms with Crippen LogP contribution in [0.3, 0.4) is 0 Å². The minimum Gasteiger partial charge on any atom is -0.293 e. The van der Waals surface area contributed by atoms with E-state index in [2.05, 4.69) is 5.10 Å². The van der Waals surface area contributed by atoms with Crippen molar-refractivity contribution in [2.24, 2.45) is 0 Å². The highest BCUT2D eigenvalue weighted by Gasteiger charge is 2.21. The fourth-order valence-electron chi connectivity index (χ4n) is 2.09. The molecule has 4 nitrogen and oxygen atoms in total. The number of Topliss-reactive ketones (excluding diaryl/α,β-unsaturated/α-hetero) is 1. The molecule has 0 aliphatic heterocycles. The molecule has 0 spiro atoms. The first kappa shape index (κ1) is 14.7. The van der Waals surface area contributed by atoms with Gasteiger partial charge in [-0.3, -0.25) is 9.59 Å². The maximum absolute atomic E-state index is 12.5. The average Bonchev–Trinajstić information content (AvgIpc) is 3.16. The Balaban J connectivity index is 2.11. The van der Waals surface area contributed by atoms with Gasteiger partial charge in [0.2, 0.25) is 5.78 Å². The monoisotopic (exact) mass is 330 g/mol. The van der Waals surface area contributed by atoms with E-state index < -0.39 is 0 Å². The average molecular weight is 331 g/mol. The van der Waals surface area contributed by atoms with Crippen LogP contribution in [0, 0.1) is 0 Å². The van der Waals surface area contributed by atoms with E-state index in [1.165, 1.54) is 22.9 Å². The van der Waals surface area contributed by atoms with Crippen molar-refractivity contribution in [1.29, 1.82) is 0 Å². The maximum Gasteiger partial charge on any atom is 0.206 e. The number of halogens is 1. The van der Waals surface area contributed by atoms with Crippen molar-refractivity contribution < 1.29 is 9.59 Å². The van der Waals surface area contributed by atoms with Crippen LogP contribution in [0.25, 0.3) is 5.69 Å². The molecule has 2 heterocycles. The molecule has 0 saturated carbocycles. The standard InChI is InChI=1S/C16H11ClN2O2S/c1-10(20)15-13(16(21)14-6-3-7-22-14)9-19(18-15)12-5-2-4-11(17)8-12/h2-9H,1H3. The van der Waals surface area contributed by atoms with E-state index in [1.807, 2.05) is 11.4 Å². The molecule has 0 amide bonds. The van der Waals surface area contributed by atoms with Gasteiger partial charge in [0.05, 0.1) is 16.1 Å². The molecule has 0 radical (unpaired) electrons. The van der Waals surface area contributed by atoms with E-state index in [0.717, 1.165) is 0 Å². The van der Waals surface area contributed by atoms with Gasteiger partial charge in [-0.1, -0.05) is 23.7 Å². The third kappa shape index (κ3) is 2.73. The molecule has 3 rings (SSSR count). The second kappa shape index (κ2) is 5.87. The van der Waals surface area contributed by atoms with E-state index in [4.69, 9.17) is 11.6 Å². The largest absolute Gasteiger partial charge is 0.293 e. The highest BCUT2D eigenvalue weighted by atomic mass is 35.5. The Kier molecular flexibility index (Phi) is 3.92. The van der Waals surface area contributed by atoms with Crippen molar-refractivity contribution in [3.8, 4) is 5.69 Å². The van der Waals surface area contributed by atoms with Crippen LogP contribution < -0.4 is 0 Å². The highest BCUT2D eigenvalue weighted by molar-refractivity contribution is 7.12. The van der Waals surface area contributed by atoms with Crippen LogP contribution in [0.4, 0.5) is 0 Å². The Morgan fingerprint density at radius 2 is 2.05 bits per heavy atom. The number of nitrogens with zero attached hydrogens (tertiary/aromatic N) is 2. The molecule has 3 aromatic rings. The third-order valence-corrected chi connectivity index (χ3v) is 4.21. The third-order valence-electron chi connectivity index (χ3n) is 3.11. The summed E-state index contributed by atoms with van der Waals surface area (Å²) in [5, 5.41) is 6.62. The number of hydrogen-bond acceptors (Lipinski definition) is 4. The van der Waals surface area contributed by atoms with Gasteiger partial charge in [0.25, 0.3) is 0 Å². The van der Waals surface area contributed by atoms with Crippen molar-refractivity contribution >= 4 is 34.5 Å². The van der Waals surface area contributed by atoms with Gasteiger partial charge in [-0.15, -0.1) is 11.3 Å². The summed E-state index contributed by atoms with van der Waals surface area (Å²) in [6.07, 6.45) is 1.57. The van der Waals surface area contributed by atoms with Crippen LogP contribution in [0.15, 0.2) is 48.0 Å². The summed E-state index contributed by atoms with van der Waals surface area (Å²) in [7, 11) is 0. The Bertz CT molecular complexity index is 853. The molecule has 0 aliphatic carbocycles.